The zero-order valence-corrected chi connectivity index (χ0v) is 14.2. The summed E-state index contributed by atoms with van der Waals surface area (Å²) >= 11 is 0. The quantitative estimate of drug-likeness (QED) is 0.669. The van der Waals surface area contributed by atoms with E-state index in [0.717, 1.165) is 31.4 Å². The molecule has 6 heteroatoms. The van der Waals surface area contributed by atoms with Gasteiger partial charge in [-0.25, -0.2) is 0 Å². The summed E-state index contributed by atoms with van der Waals surface area (Å²) in [5.41, 5.74) is 7.23. The van der Waals surface area contributed by atoms with Crippen molar-refractivity contribution in [1.29, 1.82) is 0 Å². The molecule has 1 saturated heterocycles. The van der Waals surface area contributed by atoms with Gasteiger partial charge in [0.2, 0.25) is 5.91 Å². The topological polar surface area (TPSA) is 93.5 Å². The summed E-state index contributed by atoms with van der Waals surface area (Å²) in [5.74, 6) is -0.286. The molecule has 0 bridgehead atoms. The van der Waals surface area contributed by atoms with E-state index in [9.17, 15) is 9.59 Å². The number of ether oxygens (including phenoxy) is 1. The second kappa shape index (κ2) is 9.39. The van der Waals surface area contributed by atoms with E-state index in [4.69, 9.17) is 10.5 Å². The molecule has 0 aliphatic carbocycles. The minimum Gasteiger partial charge on any atom is -0.376 e. The SMILES string of the molecule is CCCC(N)C(=O)NCc1cccc(C(=O)NCC2CCCO2)c1. The molecule has 132 valence electrons. The van der Waals surface area contributed by atoms with E-state index in [0.29, 0.717) is 25.1 Å². The van der Waals surface area contributed by atoms with Crippen LogP contribution in [0.1, 0.15) is 48.5 Å². The molecular weight excluding hydrogens is 306 g/mol. The molecule has 0 radical (unpaired) electrons. The normalized spacial score (nSPS) is 18.2. The van der Waals surface area contributed by atoms with Crippen LogP contribution in [0.5, 0.6) is 0 Å². The van der Waals surface area contributed by atoms with Crippen molar-refractivity contribution in [3.8, 4) is 0 Å². The van der Waals surface area contributed by atoms with Crippen molar-refractivity contribution in [3.05, 3.63) is 35.4 Å². The van der Waals surface area contributed by atoms with Crippen LogP contribution in [0.2, 0.25) is 0 Å². The Balaban J connectivity index is 1.83. The number of amides is 2. The predicted octanol–water partition coefficient (Wildman–Crippen LogP) is 1.34. The van der Waals surface area contributed by atoms with Crippen molar-refractivity contribution < 1.29 is 14.3 Å². The number of hydrogen-bond acceptors (Lipinski definition) is 4. The molecule has 0 aromatic heterocycles. The average Bonchev–Trinajstić information content (AvgIpc) is 3.11. The molecule has 2 rings (SSSR count). The Kier molecular flexibility index (Phi) is 7.21. The van der Waals surface area contributed by atoms with E-state index in [1.54, 1.807) is 12.1 Å². The lowest BCUT2D eigenvalue weighted by molar-refractivity contribution is -0.122. The summed E-state index contributed by atoms with van der Waals surface area (Å²) in [5, 5.41) is 5.71. The molecule has 1 aliphatic heterocycles. The van der Waals surface area contributed by atoms with Crippen molar-refractivity contribution in [2.75, 3.05) is 13.2 Å². The summed E-state index contributed by atoms with van der Waals surface area (Å²) in [6.07, 6.45) is 3.70. The molecule has 1 aromatic carbocycles. The number of nitrogens with two attached hydrogens (primary N) is 1. The first-order valence-electron chi connectivity index (χ1n) is 8.62. The molecule has 1 aliphatic rings. The summed E-state index contributed by atoms with van der Waals surface area (Å²) in [7, 11) is 0. The number of carbonyl (C=O) groups excluding carboxylic acids is 2. The standard InChI is InChI=1S/C18H27N3O3/c1-2-5-16(19)18(23)20-11-13-6-3-7-14(10-13)17(22)21-12-15-8-4-9-24-15/h3,6-7,10,15-16H,2,4-5,8-9,11-12,19H2,1H3,(H,20,23)(H,21,22). The predicted molar refractivity (Wildman–Crippen MR) is 92.5 cm³/mol. The zero-order valence-electron chi connectivity index (χ0n) is 14.2. The van der Waals surface area contributed by atoms with Crippen LogP contribution in [0.15, 0.2) is 24.3 Å². The van der Waals surface area contributed by atoms with Crippen molar-refractivity contribution in [1.82, 2.24) is 10.6 Å². The van der Waals surface area contributed by atoms with Gasteiger partial charge in [0.15, 0.2) is 0 Å². The molecule has 1 fully saturated rings. The number of benzene rings is 1. The summed E-state index contributed by atoms with van der Waals surface area (Å²) in [6.45, 7) is 3.66. The van der Waals surface area contributed by atoms with Gasteiger partial charge in [0.25, 0.3) is 5.91 Å². The van der Waals surface area contributed by atoms with Gasteiger partial charge in [-0.1, -0.05) is 25.5 Å². The van der Waals surface area contributed by atoms with E-state index in [1.165, 1.54) is 0 Å². The van der Waals surface area contributed by atoms with Crippen LogP contribution < -0.4 is 16.4 Å². The van der Waals surface area contributed by atoms with E-state index < -0.39 is 6.04 Å². The fraction of sp³-hybridized carbons (Fsp3) is 0.556. The maximum atomic E-state index is 12.2. The van der Waals surface area contributed by atoms with Gasteiger partial charge >= 0.3 is 0 Å². The fourth-order valence-electron chi connectivity index (χ4n) is 2.70. The largest absolute Gasteiger partial charge is 0.376 e. The van der Waals surface area contributed by atoms with Crippen molar-refractivity contribution in [2.24, 2.45) is 5.73 Å². The van der Waals surface area contributed by atoms with Crippen molar-refractivity contribution in [2.45, 2.75) is 51.3 Å². The summed E-state index contributed by atoms with van der Waals surface area (Å²) in [6, 6.07) is 6.76. The smallest absolute Gasteiger partial charge is 0.251 e. The second-order valence-electron chi connectivity index (χ2n) is 6.16. The minimum atomic E-state index is -0.479. The summed E-state index contributed by atoms with van der Waals surface area (Å²) in [4.78, 5) is 24.1. The molecule has 0 saturated carbocycles. The van der Waals surface area contributed by atoms with Gasteiger partial charge in [-0.15, -0.1) is 0 Å². The molecule has 1 heterocycles. The minimum absolute atomic E-state index is 0.122. The Labute approximate surface area is 143 Å². The molecule has 2 atom stereocenters. The second-order valence-corrected chi connectivity index (χ2v) is 6.16. The highest BCUT2D eigenvalue weighted by Crippen LogP contribution is 2.11. The molecule has 0 spiro atoms. The van der Waals surface area contributed by atoms with Gasteiger partial charge in [0.05, 0.1) is 12.1 Å². The van der Waals surface area contributed by atoms with Crippen LogP contribution in [-0.4, -0.2) is 37.1 Å². The molecule has 24 heavy (non-hydrogen) atoms. The van der Waals surface area contributed by atoms with E-state index in [-0.39, 0.29) is 17.9 Å². The first kappa shape index (κ1) is 18.4. The number of carbonyl (C=O) groups is 2. The van der Waals surface area contributed by atoms with E-state index >= 15 is 0 Å². The molecule has 1 aromatic rings. The Morgan fingerprint density at radius 1 is 1.38 bits per heavy atom. The molecule has 2 amide bonds. The number of rotatable bonds is 8. The van der Waals surface area contributed by atoms with Gasteiger partial charge in [-0.05, 0) is 37.0 Å². The first-order chi connectivity index (χ1) is 11.6. The maximum Gasteiger partial charge on any atom is 0.251 e. The lowest BCUT2D eigenvalue weighted by Crippen LogP contribution is -2.40. The molecule has 2 unspecified atom stereocenters. The highest BCUT2D eigenvalue weighted by molar-refractivity contribution is 5.94. The van der Waals surface area contributed by atoms with Gasteiger partial charge in [0.1, 0.15) is 0 Å². The van der Waals surface area contributed by atoms with E-state index in [1.807, 2.05) is 19.1 Å². The van der Waals surface area contributed by atoms with Crippen LogP contribution in [-0.2, 0) is 16.1 Å². The third kappa shape index (κ3) is 5.62. The Morgan fingerprint density at radius 3 is 2.92 bits per heavy atom. The van der Waals surface area contributed by atoms with Gasteiger partial charge in [0, 0.05) is 25.3 Å². The first-order valence-corrected chi connectivity index (χ1v) is 8.62. The highest BCUT2D eigenvalue weighted by Gasteiger charge is 2.17. The third-order valence-corrected chi connectivity index (χ3v) is 4.11. The summed E-state index contributed by atoms with van der Waals surface area (Å²) < 4.78 is 5.50. The number of hydrogen-bond donors (Lipinski definition) is 3. The lowest BCUT2D eigenvalue weighted by atomic mass is 10.1. The van der Waals surface area contributed by atoms with Gasteiger partial charge in [-0.3, -0.25) is 9.59 Å². The Hall–Kier alpha value is -1.92. The monoisotopic (exact) mass is 333 g/mol. The fourth-order valence-corrected chi connectivity index (χ4v) is 2.70. The third-order valence-electron chi connectivity index (χ3n) is 4.11. The van der Waals surface area contributed by atoms with Gasteiger partial charge in [-0.2, -0.15) is 0 Å². The maximum absolute atomic E-state index is 12.2. The van der Waals surface area contributed by atoms with Crippen molar-refractivity contribution >= 4 is 11.8 Å². The highest BCUT2D eigenvalue weighted by atomic mass is 16.5. The van der Waals surface area contributed by atoms with Crippen LogP contribution in [0.4, 0.5) is 0 Å². The lowest BCUT2D eigenvalue weighted by Gasteiger charge is -2.13. The van der Waals surface area contributed by atoms with Crippen LogP contribution >= 0.6 is 0 Å². The van der Waals surface area contributed by atoms with E-state index in [2.05, 4.69) is 10.6 Å². The van der Waals surface area contributed by atoms with Crippen molar-refractivity contribution in [3.63, 3.8) is 0 Å². The molecular formula is C18H27N3O3. The van der Waals surface area contributed by atoms with Crippen LogP contribution in [0.25, 0.3) is 0 Å². The molecule has 6 nitrogen and oxygen atoms in total. The Bertz CT molecular complexity index is 556. The zero-order chi connectivity index (χ0) is 17.4. The van der Waals surface area contributed by atoms with Crippen LogP contribution in [0.3, 0.4) is 0 Å². The Morgan fingerprint density at radius 2 is 2.21 bits per heavy atom. The average molecular weight is 333 g/mol. The van der Waals surface area contributed by atoms with Crippen LogP contribution in [0, 0.1) is 0 Å². The molecule has 4 N–H and O–H groups in total. The number of nitrogens with one attached hydrogen (secondary N) is 2. The van der Waals surface area contributed by atoms with Gasteiger partial charge < -0.3 is 21.1 Å².